The molecule has 1 aliphatic rings. The minimum Gasteiger partial charge on any atom is -0.351 e. The van der Waals surface area contributed by atoms with Crippen LogP contribution in [0.25, 0.3) is 22.3 Å². The highest BCUT2D eigenvalue weighted by Crippen LogP contribution is 2.32. The number of fused-ring (bicyclic) bond motifs is 1. The van der Waals surface area contributed by atoms with E-state index < -0.39 is 11.7 Å². The van der Waals surface area contributed by atoms with Crippen LogP contribution < -0.4 is 10.6 Å². The number of H-pyrrole nitrogens is 1. The maximum Gasteiger partial charge on any atom is 0.253 e. The highest BCUT2D eigenvalue weighted by Gasteiger charge is 2.25. The van der Waals surface area contributed by atoms with Gasteiger partial charge in [-0.2, -0.15) is 0 Å². The first-order valence-corrected chi connectivity index (χ1v) is 13.6. The number of benzene rings is 1. The maximum absolute atomic E-state index is 14.7. The van der Waals surface area contributed by atoms with Gasteiger partial charge in [0.05, 0.1) is 22.6 Å². The van der Waals surface area contributed by atoms with E-state index in [1.54, 1.807) is 23.4 Å². The van der Waals surface area contributed by atoms with Crippen LogP contribution in [0.2, 0.25) is 5.02 Å². The Hall–Kier alpha value is -4.35. The van der Waals surface area contributed by atoms with Gasteiger partial charge in [0.25, 0.3) is 5.91 Å². The number of hydrogen-bond acceptors (Lipinski definition) is 7. The second-order valence-electron chi connectivity index (χ2n) is 10.1. The number of aromatic nitrogens is 4. The molecule has 1 saturated heterocycles. The Labute approximate surface area is 241 Å². The number of nitrogens with zero attached hydrogens (tertiary/aromatic N) is 5. The molecule has 1 aromatic carbocycles. The highest BCUT2D eigenvalue weighted by molar-refractivity contribution is 6.33. The lowest BCUT2D eigenvalue weighted by Crippen LogP contribution is -2.42. The number of pyridine rings is 1. The van der Waals surface area contributed by atoms with E-state index in [0.29, 0.717) is 49.1 Å². The van der Waals surface area contributed by atoms with Gasteiger partial charge in [-0.25, -0.2) is 19.3 Å². The van der Waals surface area contributed by atoms with Crippen LogP contribution in [0.3, 0.4) is 0 Å². The summed E-state index contributed by atoms with van der Waals surface area (Å²) in [5.74, 6) is -0.911. The third kappa shape index (κ3) is 6.69. The number of anilines is 2. The molecule has 0 atom stereocenters. The maximum atomic E-state index is 14.7. The van der Waals surface area contributed by atoms with Crippen LogP contribution in [0.4, 0.5) is 16.0 Å². The largest absolute Gasteiger partial charge is 0.351 e. The lowest BCUT2D eigenvalue weighted by atomic mass is 10.0. The molecule has 1 fully saturated rings. The Morgan fingerprint density at radius 3 is 2.78 bits per heavy atom. The molecule has 0 spiro atoms. The van der Waals surface area contributed by atoms with Gasteiger partial charge in [-0.1, -0.05) is 17.7 Å². The fraction of sp³-hybridized carbons (Fsp3) is 0.276. The third-order valence-corrected chi connectivity index (χ3v) is 7.06. The van der Waals surface area contributed by atoms with E-state index in [2.05, 4.69) is 30.6 Å². The van der Waals surface area contributed by atoms with E-state index in [0.717, 1.165) is 22.7 Å². The number of carbonyl (C=O) groups is 2. The number of aromatic amines is 1. The van der Waals surface area contributed by atoms with Crippen molar-refractivity contribution < 1.29 is 14.0 Å². The van der Waals surface area contributed by atoms with Crippen molar-refractivity contribution in [3.63, 3.8) is 0 Å². The number of carbonyl (C=O) groups excluding carboxylic acids is 2. The summed E-state index contributed by atoms with van der Waals surface area (Å²) in [6, 6.07) is 7.96. The predicted molar refractivity (Wildman–Crippen MR) is 157 cm³/mol. The van der Waals surface area contributed by atoms with Crippen molar-refractivity contribution in [1.29, 1.82) is 0 Å². The summed E-state index contributed by atoms with van der Waals surface area (Å²) < 4.78 is 14.7. The van der Waals surface area contributed by atoms with Gasteiger partial charge < -0.3 is 25.4 Å². The number of likely N-dealkylation sites (tertiary alicyclic amines) is 1. The number of halogens is 2. The molecule has 1 aliphatic heterocycles. The van der Waals surface area contributed by atoms with Gasteiger partial charge in [-0.15, -0.1) is 0 Å². The van der Waals surface area contributed by atoms with E-state index in [1.165, 1.54) is 18.2 Å². The molecular formula is C29H30ClFN8O2. The molecule has 3 aromatic heterocycles. The number of amides is 2. The standard InChI is InChI=1S/C29H30ClFN8O2/c1-38(2)12-4-6-25(40)36-24-8-7-18(15-23(24)31)28(41)39-13-9-19(10-14-39)35-29-34-17-22(30)26(37-29)21-16-33-27-20(21)5-3-11-32-27/h3-8,11,15-17,19H,9-10,12-14H2,1-2H3,(H,32,33)(H,36,40)(H,34,35,37)/b6-4+. The lowest BCUT2D eigenvalue weighted by molar-refractivity contribution is -0.111. The molecule has 2 amide bonds. The van der Waals surface area contributed by atoms with Crippen molar-refractivity contribution >= 4 is 46.1 Å². The van der Waals surface area contributed by atoms with E-state index in [1.807, 2.05) is 37.3 Å². The quantitative estimate of drug-likeness (QED) is 0.263. The molecule has 0 aliphatic carbocycles. The molecule has 0 unspecified atom stereocenters. The minimum atomic E-state index is -0.663. The van der Waals surface area contributed by atoms with Gasteiger partial charge in [-0.3, -0.25) is 9.59 Å². The molecule has 4 aromatic rings. The first-order chi connectivity index (χ1) is 19.8. The average molecular weight is 577 g/mol. The summed E-state index contributed by atoms with van der Waals surface area (Å²) in [4.78, 5) is 45.2. The zero-order valence-electron chi connectivity index (χ0n) is 22.7. The minimum absolute atomic E-state index is 0.0233. The van der Waals surface area contributed by atoms with Crippen LogP contribution >= 0.6 is 11.6 Å². The topological polar surface area (TPSA) is 119 Å². The lowest BCUT2D eigenvalue weighted by Gasteiger charge is -2.32. The van der Waals surface area contributed by atoms with Crippen LogP contribution in [0.5, 0.6) is 0 Å². The van der Waals surface area contributed by atoms with Crippen molar-refractivity contribution in [2.24, 2.45) is 0 Å². The SMILES string of the molecule is CN(C)C/C=C/C(=O)Nc1ccc(C(=O)N2CCC(Nc3ncc(Cl)c(-c4c[nH]c5ncccc45)n3)CC2)cc1F. The third-order valence-electron chi connectivity index (χ3n) is 6.78. The van der Waals surface area contributed by atoms with E-state index in [9.17, 15) is 14.0 Å². The van der Waals surface area contributed by atoms with Crippen LogP contribution in [0, 0.1) is 5.82 Å². The molecular weight excluding hydrogens is 547 g/mol. The number of piperidine rings is 1. The summed E-state index contributed by atoms with van der Waals surface area (Å²) in [5, 5.41) is 7.21. The summed E-state index contributed by atoms with van der Waals surface area (Å²) in [5.41, 5.74) is 2.43. The normalized spacial score (nSPS) is 14.2. The Morgan fingerprint density at radius 1 is 1.22 bits per heavy atom. The second kappa shape index (κ2) is 12.4. The second-order valence-corrected chi connectivity index (χ2v) is 10.5. The van der Waals surface area contributed by atoms with Crippen LogP contribution in [-0.2, 0) is 4.79 Å². The van der Waals surface area contributed by atoms with Crippen LogP contribution in [-0.4, -0.2) is 81.3 Å². The van der Waals surface area contributed by atoms with Gasteiger partial charge in [-0.05, 0) is 57.3 Å². The van der Waals surface area contributed by atoms with Crippen molar-refractivity contribution in [3.8, 4) is 11.3 Å². The van der Waals surface area contributed by atoms with Crippen molar-refractivity contribution in [1.82, 2.24) is 29.7 Å². The molecule has 3 N–H and O–H groups in total. The average Bonchev–Trinajstić information content (AvgIpc) is 3.39. The summed E-state index contributed by atoms with van der Waals surface area (Å²) in [6.45, 7) is 1.57. The van der Waals surface area contributed by atoms with Crippen molar-refractivity contribution in [3.05, 3.63) is 77.5 Å². The number of rotatable bonds is 8. The summed E-state index contributed by atoms with van der Waals surface area (Å²) in [7, 11) is 3.76. The Bertz CT molecular complexity index is 1600. The number of hydrogen-bond donors (Lipinski definition) is 3. The van der Waals surface area contributed by atoms with Gasteiger partial charge >= 0.3 is 0 Å². The molecule has 4 heterocycles. The summed E-state index contributed by atoms with van der Waals surface area (Å²) >= 11 is 6.44. The van der Waals surface area contributed by atoms with Crippen LogP contribution in [0.1, 0.15) is 23.2 Å². The molecule has 0 saturated carbocycles. The molecule has 5 rings (SSSR count). The van der Waals surface area contributed by atoms with Gasteiger partial charge in [0, 0.05) is 60.7 Å². The molecule has 41 heavy (non-hydrogen) atoms. The zero-order valence-corrected chi connectivity index (χ0v) is 23.5. The first-order valence-electron chi connectivity index (χ1n) is 13.2. The van der Waals surface area contributed by atoms with Crippen molar-refractivity contribution in [2.45, 2.75) is 18.9 Å². The van der Waals surface area contributed by atoms with E-state index in [-0.39, 0.29) is 23.2 Å². The Balaban J connectivity index is 1.18. The Morgan fingerprint density at radius 2 is 2.02 bits per heavy atom. The number of likely N-dealkylation sites (N-methyl/N-ethyl adjacent to an activating group) is 1. The van der Waals surface area contributed by atoms with Crippen LogP contribution in [0.15, 0.2) is 61.1 Å². The Kier molecular flexibility index (Phi) is 8.55. The predicted octanol–water partition coefficient (Wildman–Crippen LogP) is 4.59. The molecule has 0 radical (unpaired) electrons. The van der Waals surface area contributed by atoms with Gasteiger partial charge in [0.15, 0.2) is 0 Å². The number of nitrogens with one attached hydrogen (secondary N) is 3. The summed E-state index contributed by atoms with van der Waals surface area (Å²) in [6.07, 6.45) is 9.48. The molecule has 212 valence electrons. The van der Waals surface area contributed by atoms with E-state index >= 15 is 0 Å². The molecule has 0 bridgehead atoms. The fourth-order valence-electron chi connectivity index (χ4n) is 4.66. The highest BCUT2D eigenvalue weighted by atomic mass is 35.5. The van der Waals surface area contributed by atoms with Gasteiger partial charge in [0.2, 0.25) is 11.9 Å². The fourth-order valence-corrected chi connectivity index (χ4v) is 4.86. The van der Waals surface area contributed by atoms with Gasteiger partial charge in [0.1, 0.15) is 11.5 Å². The molecule has 12 heteroatoms. The van der Waals surface area contributed by atoms with Crippen molar-refractivity contribution in [2.75, 3.05) is 44.4 Å². The molecule has 10 nitrogen and oxygen atoms in total. The monoisotopic (exact) mass is 576 g/mol. The smallest absolute Gasteiger partial charge is 0.253 e. The first kappa shape index (κ1) is 28.2. The van der Waals surface area contributed by atoms with E-state index in [4.69, 9.17) is 11.6 Å². The zero-order chi connectivity index (χ0) is 28.9.